The zero-order valence-corrected chi connectivity index (χ0v) is 10.9. The Kier molecular flexibility index (Phi) is 4.03. The maximum absolute atomic E-state index is 14.1. The van der Waals surface area contributed by atoms with Crippen molar-refractivity contribution in [3.8, 4) is 0 Å². The summed E-state index contributed by atoms with van der Waals surface area (Å²) in [6, 6.07) is 0. The minimum Gasteiger partial charge on any atom is -0.393 e. The van der Waals surface area contributed by atoms with Crippen LogP contribution < -0.4 is 11.2 Å². The van der Waals surface area contributed by atoms with Gasteiger partial charge in [-0.1, -0.05) is 16.7 Å². The highest BCUT2D eigenvalue weighted by molar-refractivity contribution is 6.30. The van der Waals surface area contributed by atoms with E-state index in [0.29, 0.717) is 4.57 Å². The zero-order valence-electron chi connectivity index (χ0n) is 10.2. The molecular weight excluding hydrogens is 313 g/mol. The topological polar surface area (TPSA) is 153 Å². The molecule has 2 heterocycles. The Morgan fingerprint density at radius 2 is 2.33 bits per heavy atom. The minimum absolute atomic E-state index is 0.412. The standard InChI is InChI=1S/C9H9ClFN5O5/c10-3-1-16(8(20)13-6(3)19)7-4(11)5(18)9(2-17,21-7)14-15-12/h1,4-5,7,17-18H,2H2,(H,13,19,20)/t4-,5-,7+,9+/m0/s1. The van der Waals surface area contributed by atoms with Crippen molar-refractivity contribution in [1.82, 2.24) is 9.55 Å². The predicted octanol–water partition coefficient (Wildman–Crippen LogP) is -0.583. The fraction of sp³-hybridized carbons (Fsp3) is 0.556. The van der Waals surface area contributed by atoms with E-state index in [2.05, 4.69) is 10.0 Å². The number of aromatic amines is 1. The van der Waals surface area contributed by atoms with E-state index in [1.54, 1.807) is 0 Å². The van der Waals surface area contributed by atoms with Crippen molar-refractivity contribution in [3.05, 3.63) is 42.5 Å². The van der Waals surface area contributed by atoms with Crippen molar-refractivity contribution in [2.24, 2.45) is 5.11 Å². The first kappa shape index (κ1) is 15.5. The van der Waals surface area contributed by atoms with Crippen LogP contribution in [0.2, 0.25) is 5.02 Å². The van der Waals surface area contributed by atoms with Crippen LogP contribution in [-0.2, 0) is 4.74 Å². The first-order valence-corrected chi connectivity index (χ1v) is 5.92. The van der Waals surface area contributed by atoms with Gasteiger partial charge in [0, 0.05) is 11.1 Å². The summed E-state index contributed by atoms with van der Waals surface area (Å²) in [5, 5.41) is 21.6. The predicted molar refractivity (Wildman–Crippen MR) is 66.3 cm³/mol. The molecule has 1 aromatic rings. The summed E-state index contributed by atoms with van der Waals surface area (Å²) in [5.41, 5.74) is 4.22. The van der Waals surface area contributed by atoms with Gasteiger partial charge in [-0.3, -0.25) is 14.3 Å². The van der Waals surface area contributed by atoms with E-state index >= 15 is 0 Å². The summed E-state index contributed by atoms with van der Waals surface area (Å²) in [4.78, 5) is 27.0. The second-order valence-corrected chi connectivity index (χ2v) is 4.64. The molecule has 0 bridgehead atoms. The van der Waals surface area contributed by atoms with Crippen LogP contribution in [0.4, 0.5) is 4.39 Å². The van der Waals surface area contributed by atoms with Crippen LogP contribution >= 0.6 is 11.6 Å². The number of aliphatic hydroxyl groups excluding tert-OH is 2. The lowest BCUT2D eigenvalue weighted by molar-refractivity contribution is -0.124. The molecule has 4 atom stereocenters. The van der Waals surface area contributed by atoms with E-state index < -0.39 is 47.1 Å². The molecule has 0 radical (unpaired) electrons. The van der Waals surface area contributed by atoms with E-state index in [9.17, 15) is 24.2 Å². The molecule has 0 saturated carbocycles. The first-order valence-electron chi connectivity index (χ1n) is 5.54. The Morgan fingerprint density at radius 1 is 1.67 bits per heavy atom. The molecule has 0 spiro atoms. The molecule has 1 aliphatic rings. The Hall–Kier alpha value is -1.91. The summed E-state index contributed by atoms with van der Waals surface area (Å²) in [5.74, 6) is 0. The number of alkyl halides is 1. The van der Waals surface area contributed by atoms with E-state index in [4.69, 9.17) is 21.9 Å². The number of hydrogen-bond donors (Lipinski definition) is 3. The quantitative estimate of drug-likeness (QED) is 0.386. The Labute approximate surface area is 120 Å². The average Bonchev–Trinajstić information content (AvgIpc) is 2.69. The van der Waals surface area contributed by atoms with Crippen molar-refractivity contribution in [2.45, 2.75) is 24.2 Å². The van der Waals surface area contributed by atoms with Gasteiger partial charge in [-0.05, 0) is 5.53 Å². The molecule has 10 nitrogen and oxygen atoms in total. The van der Waals surface area contributed by atoms with E-state index in [1.165, 1.54) is 0 Å². The summed E-state index contributed by atoms with van der Waals surface area (Å²) in [7, 11) is 0. The maximum atomic E-state index is 14.1. The van der Waals surface area contributed by atoms with Crippen molar-refractivity contribution in [3.63, 3.8) is 0 Å². The SMILES string of the molecule is [N-]=[N+]=N[C@]1(CO)O[C@@H](n2cc(Cl)c(=O)[nH]c2=O)[C@@H](F)[C@@H]1O. The Balaban J connectivity index is 2.52. The van der Waals surface area contributed by atoms with Crippen LogP contribution in [0.15, 0.2) is 20.9 Å². The summed E-state index contributed by atoms with van der Waals surface area (Å²) >= 11 is 5.54. The monoisotopic (exact) mass is 321 g/mol. The van der Waals surface area contributed by atoms with Gasteiger partial charge in [0.2, 0.25) is 5.72 Å². The number of ether oxygens (including phenoxy) is 1. The second-order valence-electron chi connectivity index (χ2n) is 4.23. The molecule has 1 aliphatic heterocycles. The summed E-state index contributed by atoms with van der Waals surface area (Å²) in [6.45, 7) is -1.01. The lowest BCUT2D eigenvalue weighted by Gasteiger charge is -2.23. The molecule has 1 aromatic heterocycles. The number of halogens is 2. The second kappa shape index (κ2) is 5.47. The normalized spacial score (nSPS) is 31.9. The number of rotatable bonds is 3. The van der Waals surface area contributed by atoms with Crippen LogP contribution in [0.3, 0.4) is 0 Å². The van der Waals surface area contributed by atoms with Gasteiger partial charge in [-0.2, -0.15) is 0 Å². The summed E-state index contributed by atoms with van der Waals surface area (Å²) < 4.78 is 19.7. The van der Waals surface area contributed by atoms with Crippen LogP contribution in [-0.4, -0.2) is 44.4 Å². The van der Waals surface area contributed by atoms with E-state index in [0.717, 1.165) is 6.20 Å². The van der Waals surface area contributed by atoms with E-state index in [1.807, 2.05) is 4.98 Å². The molecule has 114 valence electrons. The highest BCUT2D eigenvalue weighted by atomic mass is 35.5. The van der Waals surface area contributed by atoms with E-state index in [-0.39, 0.29) is 0 Å². The molecule has 12 heteroatoms. The zero-order chi connectivity index (χ0) is 15.8. The molecule has 0 amide bonds. The van der Waals surface area contributed by atoms with Gasteiger partial charge < -0.3 is 14.9 Å². The highest BCUT2D eigenvalue weighted by Crippen LogP contribution is 2.39. The van der Waals surface area contributed by atoms with Crippen LogP contribution in [0.25, 0.3) is 10.4 Å². The molecule has 0 unspecified atom stereocenters. The number of azide groups is 1. The number of aromatic nitrogens is 2. The molecule has 3 N–H and O–H groups in total. The van der Waals surface area contributed by atoms with Gasteiger partial charge in [-0.15, -0.1) is 0 Å². The van der Waals surface area contributed by atoms with Crippen molar-refractivity contribution in [2.75, 3.05) is 6.61 Å². The van der Waals surface area contributed by atoms with Crippen LogP contribution in [0, 0.1) is 0 Å². The van der Waals surface area contributed by atoms with Gasteiger partial charge in [-0.25, -0.2) is 9.18 Å². The fourth-order valence-electron chi connectivity index (χ4n) is 1.93. The lowest BCUT2D eigenvalue weighted by atomic mass is 10.1. The van der Waals surface area contributed by atoms with Crippen molar-refractivity contribution >= 4 is 11.6 Å². The molecule has 2 rings (SSSR count). The molecule has 1 saturated heterocycles. The fourth-order valence-corrected chi connectivity index (χ4v) is 2.08. The lowest BCUT2D eigenvalue weighted by Crippen LogP contribution is -2.43. The molecule has 0 aromatic carbocycles. The number of hydrogen-bond acceptors (Lipinski definition) is 6. The first-order chi connectivity index (χ1) is 9.86. The van der Waals surface area contributed by atoms with Gasteiger partial charge in [0.05, 0.1) is 6.61 Å². The molecule has 21 heavy (non-hydrogen) atoms. The highest BCUT2D eigenvalue weighted by Gasteiger charge is 2.56. The van der Waals surface area contributed by atoms with Gasteiger partial charge in [0.25, 0.3) is 5.56 Å². The minimum atomic E-state index is -2.28. The summed E-state index contributed by atoms with van der Waals surface area (Å²) in [6.07, 6.45) is -5.14. The number of nitrogens with one attached hydrogen (secondary N) is 1. The third-order valence-corrected chi connectivity index (χ3v) is 3.27. The Bertz CT molecular complexity index is 715. The largest absolute Gasteiger partial charge is 0.393 e. The third-order valence-electron chi connectivity index (χ3n) is 3.00. The molecule has 1 fully saturated rings. The number of nitrogens with zero attached hydrogens (tertiary/aromatic N) is 4. The smallest absolute Gasteiger partial charge is 0.330 e. The number of aliphatic hydroxyl groups is 2. The Morgan fingerprint density at radius 3 is 2.90 bits per heavy atom. The third kappa shape index (κ3) is 2.41. The van der Waals surface area contributed by atoms with Gasteiger partial charge in [0.15, 0.2) is 12.4 Å². The molecule has 0 aliphatic carbocycles. The number of H-pyrrole nitrogens is 1. The molecular formula is C9H9ClFN5O5. The van der Waals surface area contributed by atoms with Gasteiger partial charge >= 0.3 is 5.69 Å². The maximum Gasteiger partial charge on any atom is 0.330 e. The average molecular weight is 322 g/mol. The van der Waals surface area contributed by atoms with Crippen LogP contribution in [0.5, 0.6) is 0 Å². The van der Waals surface area contributed by atoms with Crippen molar-refractivity contribution < 1.29 is 19.3 Å². The van der Waals surface area contributed by atoms with Crippen LogP contribution in [0.1, 0.15) is 6.23 Å². The van der Waals surface area contributed by atoms with Gasteiger partial charge in [0.1, 0.15) is 11.1 Å². The van der Waals surface area contributed by atoms with Crippen molar-refractivity contribution in [1.29, 1.82) is 0 Å².